The predicted octanol–water partition coefficient (Wildman–Crippen LogP) is 2.67. The van der Waals surface area contributed by atoms with Crippen LogP contribution in [0.4, 0.5) is 0 Å². The van der Waals surface area contributed by atoms with Gasteiger partial charge in [0.25, 0.3) is 0 Å². The zero-order chi connectivity index (χ0) is 19.4. The molecule has 5 nitrogen and oxygen atoms in total. The highest BCUT2D eigenvalue weighted by Gasteiger charge is 2.46. The maximum atomic E-state index is 13.0. The van der Waals surface area contributed by atoms with Crippen LogP contribution in [-0.2, 0) is 16.0 Å². The minimum Gasteiger partial charge on any atom is -0.342 e. The summed E-state index contributed by atoms with van der Waals surface area (Å²) in [4.78, 5) is 25.9. The minimum atomic E-state index is -0.955. The first-order valence-electron chi connectivity index (χ1n) is 9.16. The topological polar surface area (TPSA) is 82.0 Å². The zero-order valence-electron chi connectivity index (χ0n) is 15.5. The molecule has 1 aliphatic heterocycles. The van der Waals surface area contributed by atoms with E-state index in [-0.39, 0.29) is 17.7 Å². The Morgan fingerprint density at radius 3 is 2.44 bits per heavy atom. The second-order valence-electron chi connectivity index (χ2n) is 7.03. The van der Waals surface area contributed by atoms with Gasteiger partial charge in [-0.25, -0.2) is 0 Å². The van der Waals surface area contributed by atoms with Gasteiger partial charge in [0.15, 0.2) is 0 Å². The average Bonchev–Trinajstić information content (AvgIpc) is 2.70. The van der Waals surface area contributed by atoms with E-state index in [4.69, 9.17) is 0 Å². The molecule has 2 aromatic carbocycles. The van der Waals surface area contributed by atoms with Crippen molar-refractivity contribution in [3.8, 4) is 6.07 Å². The molecule has 2 aromatic rings. The molecule has 0 aromatic heterocycles. The van der Waals surface area contributed by atoms with Crippen LogP contribution >= 0.6 is 0 Å². The summed E-state index contributed by atoms with van der Waals surface area (Å²) in [6.07, 6.45) is 0.938. The van der Waals surface area contributed by atoms with Gasteiger partial charge in [-0.1, -0.05) is 62.4 Å². The van der Waals surface area contributed by atoms with Crippen molar-refractivity contribution in [2.24, 2.45) is 0 Å². The van der Waals surface area contributed by atoms with Crippen molar-refractivity contribution < 1.29 is 9.59 Å². The zero-order valence-corrected chi connectivity index (χ0v) is 15.5. The Morgan fingerprint density at radius 1 is 1.11 bits per heavy atom. The number of piperazine rings is 1. The Balaban J connectivity index is 1.85. The third-order valence-electron chi connectivity index (χ3n) is 5.39. The molecule has 3 rings (SSSR count). The predicted molar refractivity (Wildman–Crippen MR) is 103 cm³/mol. The molecule has 1 fully saturated rings. The molecular formula is C22H23N3O2. The summed E-state index contributed by atoms with van der Waals surface area (Å²) in [7, 11) is 0. The number of rotatable bonds is 5. The lowest BCUT2D eigenvalue weighted by Gasteiger charge is -2.41. The standard InChI is InChI=1S/C22H23N3O2/c1-3-22(13-16-9-5-4-6-10-16)21(27)24-19(20(26)25-22)15(2)18-12-8-7-11-17(18)14-23/h4-12,15,19H,3,13H2,1-2H3,(H,24,27)(H,25,26). The summed E-state index contributed by atoms with van der Waals surface area (Å²) in [6.45, 7) is 3.76. The second kappa shape index (κ2) is 7.63. The second-order valence-corrected chi connectivity index (χ2v) is 7.03. The van der Waals surface area contributed by atoms with Gasteiger partial charge in [0, 0.05) is 12.3 Å². The molecule has 27 heavy (non-hydrogen) atoms. The van der Waals surface area contributed by atoms with E-state index in [1.165, 1.54) is 0 Å². The maximum Gasteiger partial charge on any atom is 0.246 e. The summed E-state index contributed by atoms with van der Waals surface area (Å²) in [5.41, 5.74) is 1.32. The maximum absolute atomic E-state index is 13.0. The Bertz CT molecular complexity index is 888. The fraction of sp³-hybridized carbons (Fsp3) is 0.318. The summed E-state index contributed by atoms with van der Waals surface area (Å²) in [5.74, 6) is -0.705. The van der Waals surface area contributed by atoms with Gasteiger partial charge in [-0.3, -0.25) is 9.59 Å². The number of hydrogen-bond donors (Lipinski definition) is 2. The molecular weight excluding hydrogens is 338 g/mol. The van der Waals surface area contributed by atoms with Crippen LogP contribution in [0.3, 0.4) is 0 Å². The number of benzene rings is 2. The summed E-state index contributed by atoms with van der Waals surface area (Å²) < 4.78 is 0. The largest absolute Gasteiger partial charge is 0.342 e. The van der Waals surface area contributed by atoms with Crippen LogP contribution in [0.2, 0.25) is 0 Å². The van der Waals surface area contributed by atoms with Crippen LogP contribution in [0.1, 0.15) is 42.9 Å². The third-order valence-corrected chi connectivity index (χ3v) is 5.39. The van der Waals surface area contributed by atoms with Crippen LogP contribution in [-0.4, -0.2) is 23.4 Å². The van der Waals surface area contributed by atoms with E-state index >= 15 is 0 Å². The van der Waals surface area contributed by atoms with Gasteiger partial charge in [-0.15, -0.1) is 0 Å². The number of amides is 2. The Morgan fingerprint density at radius 2 is 1.78 bits per heavy atom. The van der Waals surface area contributed by atoms with Crippen molar-refractivity contribution in [2.45, 2.75) is 44.2 Å². The fourth-order valence-electron chi connectivity index (χ4n) is 3.69. The summed E-state index contributed by atoms with van der Waals surface area (Å²) in [6, 6.07) is 18.3. The van der Waals surface area contributed by atoms with E-state index in [0.717, 1.165) is 11.1 Å². The molecule has 3 atom stereocenters. The van der Waals surface area contributed by atoms with Crippen molar-refractivity contribution >= 4 is 11.8 Å². The molecule has 3 unspecified atom stereocenters. The Labute approximate surface area is 159 Å². The summed E-state index contributed by atoms with van der Waals surface area (Å²) in [5, 5.41) is 15.2. The minimum absolute atomic E-state index is 0.181. The molecule has 5 heteroatoms. The first kappa shape index (κ1) is 18.7. The number of carbonyl (C=O) groups is 2. The van der Waals surface area contributed by atoms with E-state index in [2.05, 4.69) is 16.7 Å². The van der Waals surface area contributed by atoms with Gasteiger partial charge >= 0.3 is 0 Å². The number of nitrogens with one attached hydrogen (secondary N) is 2. The van der Waals surface area contributed by atoms with E-state index in [1.54, 1.807) is 12.1 Å². The normalized spacial score (nSPS) is 23.1. The number of carbonyl (C=O) groups excluding carboxylic acids is 2. The van der Waals surface area contributed by atoms with Gasteiger partial charge < -0.3 is 10.6 Å². The van der Waals surface area contributed by atoms with Gasteiger partial charge in [0.2, 0.25) is 11.8 Å². The lowest BCUT2D eigenvalue weighted by molar-refractivity contribution is -0.142. The number of hydrogen-bond acceptors (Lipinski definition) is 3. The van der Waals surface area contributed by atoms with Crippen molar-refractivity contribution in [2.75, 3.05) is 0 Å². The number of nitrogens with zero attached hydrogens (tertiary/aromatic N) is 1. The molecule has 0 bridgehead atoms. The molecule has 1 heterocycles. The lowest BCUT2D eigenvalue weighted by Crippen LogP contribution is -2.70. The van der Waals surface area contributed by atoms with Crippen LogP contribution in [0.25, 0.3) is 0 Å². The molecule has 1 saturated heterocycles. The van der Waals surface area contributed by atoms with Gasteiger partial charge in [0.1, 0.15) is 11.6 Å². The highest BCUT2D eigenvalue weighted by atomic mass is 16.2. The van der Waals surface area contributed by atoms with Crippen LogP contribution < -0.4 is 10.6 Å². The van der Waals surface area contributed by atoms with Crippen molar-refractivity contribution in [3.63, 3.8) is 0 Å². The van der Waals surface area contributed by atoms with Crippen LogP contribution in [0.5, 0.6) is 0 Å². The number of nitriles is 1. The van der Waals surface area contributed by atoms with E-state index < -0.39 is 11.6 Å². The van der Waals surface area contributed by atoms with Crippen LogP contribution in [0.15, 0.2) is 54.6 Å². The fourth-order valence-corrected chi connectivity index (χ4v) is 3.69. The van der Waals surface area contributed by atoms with Gasteiger partial charge in [-0.2, -0.15) is 5.26 Å². The third kappa shape index (κ3) is 3.56. The van der Waals surface area contributed by atoms with Crippen molar-refractivity contribution in [3.05, 3.63) is 71.3 Å². The smallest absolute Gasteiger partial charge is 0.246 e. The Hall–Kier alpha value is -3.13. The molecule has 0 saturated carbocycles. The highest BCUT2D eigenvalue weighted by molar-refractivity contribution is 6.00. The molecule has 2 N–H and O–H groups in total. The first-order valence-corrected chi connectivity index (χ1v) is 9.16. The molecule has 2 amide bonds. The van der Waals surface area contributed by atoms with Crippen molar-refractivity contribution in [1.29, 1.82) is 5.26 Å². The van der Waals surface area contributed by atoms with Gasteiger partial charge in [0.05, 0.1) is 11.6 Å². The summed E-state index contributed by atoms with van der Waals surface area (Å²) >= 11 is 0. The molecule has 0 radical (unpaired) electrons. The van der Waals surface area contributed by atoms with E-state index in [1.807, 2.05) is 56.3 Å². The van der Waals surface area contributed by atoms with E-state index in [0.29, 0.717) is 18.4 Å². The lowest BCUT2D eigenvalue weighted by atomic mass is 9.81. The average molecular weight is 361 g/mol. The van der Waals surface area contributed by atoms with Gasteiger partial charge in [-0.05, 0) is 23.6 Å². The van der Waals surface area contributed by atoms with Crippen LogP contribution in [0, 0.1) is 11.3 Å². The molecule has 0 spiro atoms. The SMILES string of the molecule is CCC1(Cc2ccccc2)NC(=O)C(C(C)c2ccccc2C#N)NC1=O. The molecule has 1 aliphatic rings. The highest BCUT2D eigenvalue weighted by Crippen LogP contribution is 2.28. The molecule has 138 valence electrons. The monoisotopic (exact) mass is 361 g/mol. The quantitative estimate of drug-likeness (QED) is 0.859. The Kier molecular flexibility index (Phi) is 5.27. The first-order chi connectivity index (χ1) is 13.0. The molecule has 0 aliphatic carbocycles. The van der Waals surface area contributed by atoms with E-state index in [9.17, 15) is 14.9 Å². The van der Waals surface area contributed by atoms with Crippen molar-refractivity contribution in [1.82, 2.24) is 10.6 Å².